The number of nitrogens with one attached hydrogen (secondary N) is 1. The molecule has 0 aromatic carbocycles. The maximum absolute atomic E-state index is 12.7. The highest BCUT2D eigenvalue weighted by atomic mass is 32.2. The minimum absolute atomic E-state index is 0.594. The second kappa shape index (κ2) is 8.89. The van der Waals surface area contributed by atoms with Gasteiger partial charge in [0.05, 0.1) is 0 Å². The molecule has 0 spiro atoms. The van der Waals surface area contributed by atoms with Crippen LogP contribution in [-0.2, 0) is 10.2 Å². The molecule has 0 radical (unpaired) electrons. The molecule has 1 aliphatic rings. The standard InChI is InChI=1S/C13H29N3O2S/c1-3-5-10-15(11-6-4-2)19(17,18)16-12-7-8-14-9-13-16/h14H,3-13H2,1-2H3. The third-order valence-corrected chi connectivity index (χ3v) is 5.51. The monoisotopic (exact) mass is 291 g/mol. The maximum Gasteiger partial charge on any atom is 0.282 e. The average molecular weight is 291 g/mol. The van der Waals surface area contributed by atoms with Crippen LogP contribution >= 0.6 is 0 Å². The minimum atomic E-state index is -3.27. The molecule has 114 valence electrons. The molecular formula is C13H29N3O2S. The molecule has 0 bridgehead atoms. The summed E-state index contributed by atoms with van der Waals surface area (Å²) in [5.41, 5.74) is 0. The molecule has 0 unspecified atom stereocenters. The summed E-state index contributed by atoms with van der Waals surface area (Å²) in [4.78, 5) is 0. The Morgan fingerprint density at radius 2 is 1.68 bits per heavy atom. The molecule has 0 aromatic rings. The summed E-state index contributed by atoms with van der Waals surface area (Å²) in [5, 5.41) is 3.25. The molecular weight excluding hydrogens is 262 g/mol. The summed E-state index contributed by atoms with van der Waals surface area (Å²) in [7, 11) is -3.27. The lowest BCUT2D eigenvalue weighted by atomic mass is 10.3. The SMILES string of the molecule is CCCCN(CCCC)S(=O)(=O)N1CCCNCC1. The zero-order valence-electron chi connectivity index (χ0n) is 12.4. The van der Waals surface area contributed by atoms with Crippen LogP contribution in [0.1, 0.15) is 46.0 Å². The van der Waals surface area contributed by atoms with Crippen LogP contribution < -0.4 is 5.32 Å². The summed E-state index contributed by atoms with van der Waals surface area (Å²) >= 11 is 0. The van der Waals surface area contributed by atoms with E-state index >= 15 is 0 Å². The van der Waals surface area contributed by atoms with E-state index in [9.17, 15) is 8.42 Å². The lowest BCUT2D eigenvalue weighted by Crippen LogP contribution is -2.45. The first-order valence-electron chi connectivity index (χ1n) is 7.58. The molecule has 0 aliphatic carbocycles. The molecule has 1 saturated heterocycles. The largest absolute Gasteiger partial charge is 0.315 e. The number of unbranched alkanes of at least 4 members (excludes halogenated alkanes) is 2. The minimum Gasteiger partial charge on any atom is -0.315 e. The Kier molecular flexibility index (Phi) is 7.90. The van der Waals surface area contributed by atoms with Gasteiger partial charge in [-0.15, -0.1) is 0 Å². The topological polar surface area (TPSA) is 52.7 Å². The van der Waals surface area contributed by atoms with Gasteiger partial charge in [0.1, 0.15) is 0 Å². The Morgan fingerprint density at radius 3 is 2.26 bits per heavy atom. The van der Waals surface area contributed by atoms with Crippen molar-refractivity contribution >= 4 is 10.2 Å². The van der Waals surface area contributed by atoms with Crippen molar-refractivity contribution in [3.8, 4) is 0 Å². The predicted octanol–water partition coefficient (Wildman–Crippen LogP) is 1.43. The lowest BCUT2D eigenvalue weighted by Gasteiger charge is -2.29. The second-order valence-electron chi connectivity index (χ2n) is 5.12. The first kappa shape index (κ1) is 16.9. The average Bonchev–Trinajstić information content (AvgIpc) is 2.68. The van der Waals surface area contributed by atoms with Gasteiger partial charge in [0, 0.05) is 32.7 Å². The van der Waals surface area contributed by atoms with E-state index in [2.05, 4.69) is 19.2 Å². The Morgan fingerprint density at radius 1 is 1.05 bits per heavy atom. The molecule has 6 heteroatoms. The van der Waals surface area contributed by atoms with Gasteiger partial charge in [-0.25, -0.2) is 0 Å². The molecule has 1 fully saturated rings. The van der Waals surface area contributed by atoms with Crippen LogP contribution in [0.4, 0.5) is 0 Å². The molecule has 1 rings (SSSR count). The number of hydrogen-bond acceptors (Lipinski definition) is 3. The van der Waals surface area contributed by atoms with E-state index in [1.165, 1.54) is 0 Å². The summed E-state index contributed by atoms with van der Waals surface area (Å²) in [5.74, 6) is 0. The first-order chi connectivity index (χ1) is 9.12. The zero-order chi connectivity index (χ0) is 14.1. The van der Waals surface area contributed by atoms with Crippen LogP contribution in [0.25, 0.3) is 0 Å². The van der Waals surface area contributed by atoms with E-state index in [0.29, 0.717) is 26.2 Å². The smallest absolute Gasteiger partial charge is 0.282 e. The third-order valence-electron chi connectivity index (χ3n) is 3.47. The molecule has 0 amide bonds. The molecule has 5 nitrogen and oxygen atoms in total. The van der Waals surface area contributed by atoms with Crippen molar-refractivity contribution < 1.29 is 8.42 Å². The normalized spacial score (nSPS) is 18.7. The van der Waals surface area contributed by atoms with E-state index in [1.54, 1.807) is 8.61 Å². The van der Waals surface area contributed by atoms with Crippen molar-refractivity contribution in [2.75, 3.05) is 39.3 Å². The van der Waals surface area contributed by atoms with Crippen LogP contribution in [0.15, 0.2) is 0 Å². The van der Waals surface area contributed by atoms with Crippen LogP contribution in [-0.4, -0.2) is 56.3 Å². The van der Waals surface area contributed by atoms with Crippen molar-refractivity contribution in [1.82, 2.24) is 13.9 Å². The van der Waals surface area contributed by atoms with Gasteiger partial charge in [-0.1, -0.05) is 26.7 Å². The molecule has 1 heterocycles. The first-order valence-corrected chi connectivity index (χ1v) is 8.98. The van der Waals surface area contributed by atoms with Gasteiger partial charge in [0.25, 0.3) is 10.2 Å². The summed E-state index contributed by atoms with van der Waals surface area (Å²) < 4.78 is 28.7. The van der Waals surface area contributed by atoms with Gasteiger partial charge in [0.15, 0.2) is 0 Å². The van der Waals surface area contributed by atoms with E-state index in [-0.39, 0.29) is 0 Å². The summed E-state index contributed by atoms with van der Waals surface area (Å²) in [6, 6.07) is 0. The molecule has 0 saturated carbocycles. The van der Waals surface area contributed by atoms with Crippen LogP contribution in [0.3, 0.4) is 0 Å². The van der Waals surface area contributed by atoms with E-state index < -0.39 is 10.2 Å². The van der Waals surface area contributed by atoms with E-state index in [0.717, 1.165) is 45.2 Å². The fourth-order valence-corrected chi connectivity index (χ4v) is 3.95. The molecule has 1 aliphatic heterocycles. The fourth-order valence-electron chi connectivity index (χ4n) is 2.23. The third kappa shape index (κ3) is 5.38. The molecule has 1 N–H and O–H groups in total. The Balaban J connectivity index is 2.71. The fraction of sp³-hybridized carbons (Fsp3) is 1.00. The number of rotatable bonds is 8. The lowest BCUT2D eigenvalue weighted by molar-refractivity contribution is 0.335. The Labute approximate surface area is 118 Å². The highest BCUT2D eigenvalue weighted by Gasteiger charge is 2.29. The van der Waals surface area contributed by atoms with Gasteiger partial charge in [-0.3, -0.25) is 0 Å². The van der Waals surface area contributed by atoms with Crippen LogP contribution in [0.5, 0.6) is 0 Å². The molecule has 19 heavy (non-hydrogen) atoms. The summed E-state index contributed by atoms with van der Waals surface area (Å²) in [6.45, 7) is 8.41. The quantitative estimate of drug-likeness (QED) is 0.736. The Bertz CT molecular complexity index is 317. The van der Waals surface area contributed by atoms with Crippen molar-refractivity contribution in [3.05, 3.63) is 0 Å². The second-order valence-corrected chi connectivity index (χ2v) is 7.04. The number of hydrogen-bond donors (Lipinski definition) is 1. The highest BCUT2D eigenvalue weighted by molar-refractivity contribution is 7.86. The van der Waals surface area contributed by atoms with Gasteiger partial charge < -0.3 is 5.32 Å². The predicted molar refractivity (Wildman–Crippen MR) is 79.4 cm³/mol. The van der Waals surface area contributed by atoms with Gasteiger partial charge in [-0.05, 0) is 25.8 Å². The van der Waals surface area contributed by atoms with Gasteiger partial charge in [0.2, 0.25) is 0 Å². The highest BCUT2D eigenvalue weighted by Crippen LogP contribution is 2.13. The van der Waals surface area contributed by atoms with Crippen molar-refractivity contribution in [1.29, 1.82) is 0 Å². The van der Waals surface area contributed by atoms with Crippen molar-refractivity contribution in [2.45, 2.75) is 46.0 Å². The number of nitrogens with zero attached hydrogens (tertiary/aromatic N) is 2. The van der Waals surface area contributed by atoms with Crippen LogP contribution in [0.2, 0.25) is 0 Å². The van der Waals surface area contributed by atoms with E-state index in [1.807, 2.05) is 0 Å². The van der Waals surface area contributed by atoms with Gasteiger partial charge in [-0.2, -0.15) is 17.0 Å². The molecule has 0 aromatic heterocycles. The van der Waals surface area contributed by atoms with Crippen molar-refractivity contribution in [2.24, 2.45) is 0 Å². The van der Waals surface area contributed by atoms with Gasteiger partial charge >= 0.3 is 0 Å². The Hall–Kier alpha value is -0.170. The van der Waals surface area contributed by atoms with Crippen molar-refractivity contribution in [3.63, 3.8) is 0 Å². The summed E-state index contributed by atoms with van der Waals surface area (Å²) in [6.07, 6.45) is 4.83. The van der Waals surface area contributed by atoms with E-state index in [4.69, 9.17) is 0 Å². The maximum atomic E-state index is 12.7. The zero-order valence-corrected chi connectivity index (χ0v) is 13.2. The molecule has 0 atom stereocenters. The van der Waals surface area contributed by atoms with Crippen LogP contribution in [0, 0.1) is 0 Å².